The molecule has 7 nitrogen and oxygen atoms in total. The molecule has 29 heavy (non-hydrogen) atoms. The highest BCUT2D eigenvalue weighted by Gasteiger charge is 2.14. The summed E-state index contributed by atoms with van der Waals surface area (Å²) in [6.07, 6.45) is 0.741. The summed E-state index contributed by atoms with van der Waals surface area (Å²) < 4.78 is 22.0. The predicted molar refractivity (Wildman–Crippen MR) is 126 cm³/mol. The smallest absolute Gasteiger partial charge is 0.203 e. The van der Waals surface area contributed by atoms with Crippen molar-refractivity contribution in [3.63, 3.8) is 0 Å². The third kappa shape index (κ3) is 5.47. The molecule has 0 unspecified atom stereocenters. The Bertz CT molecular complexity index is 913. The molecule has 1 aromatic heterocycles. The molecule has 2 N–H and O–H groups in total. The van der Waals surface area contributed by atoms with Crippen LogP contribution in [0.4, 0.5) is 5.69 Å². The van der Waals surface area contributed by atoms with Crippen LogP contribution in [0.25, 0.3) is 11.0 Å². The molecule has 1 heterocycles. The lowest BCUT2D eigenvalue weighted by molar-refractivity contribution is 0.324. The van der Waals surface area contributed by atoms with Crippen LogP contribution < -0.4 is 24.8 Å². The Balaban J connectivity index is 0.00000300. The highest BCUT2D eigenvalue weighted by Crippen LogP contribution is 2.39. The Morgan fingerprint density at radius 3 is 2.28 bits per heavy atom. The summed E-state index contributed by atoms with van der Waals surface area (Å²) in [4.78, 5) is 4.26. The molecule has 0 bridgehead atoms. The lowest BCUT2D eigenvalue weighted by atomic mass is 10.2. The molecule has 8 heteroatoms. The lowest BCUT2D eigenvalue weighted by Gasteiger charge is -2.16. The number of fused-ring (bicyclic) bond motifs is 1. The van der Waals surface area contributed by atoms with Crippen molar-refractivity contribution in [1.29, 1.82) is 0 Å². The summed E-state index contributed by atoms with van der Waals surface area (Å²) >= 11 is 0. The van der Waals surface area contributed by atoms with E-state index in [2.05, 4.69) is 21.7 Å². The second-order valence-corrected chi connectivity index (χ2v) is 6.04. The average Bonchev–Trinajstić information content (AvgIpc) is 3.14. The van der Waals surface area contributed by atoms with Crippen LogP contribution in [0.5, 0.6) is 17.2 Å². The van der Waals surface area contributed by atoms with E-state index in [-0.39, 0.29) is 24.0 Å². The minimum atomic E-state index is 0. The molecule has 0 fully saturated rings. The topological polar surface area (TPSA) is 77.3 Å². The fraction of sp³-hybridized carbons (Fsp3) is 0.286. The minimum Gasteiger partial charge on any atom is -0.493 e. The van der Waals surface area contributed by atoms with E-state index in [0.29, 0.717) is 29.8 Å². The van der Waals surface area contributed by atoms with Crippen LogP contribution in [-0.2, 0) is 6.42 Å². The van der Waals surface area contributed by atoms with Gasteiger partial charge in [-0.25, -0.2) is 0 Å². The van der Waals surface area contributed by atoms with Gasteiger partial charge in [0.05, 0.1) is 21.3 Å². The second-order valence-electron chi connectivity index (χ2n) is 6.04. The van der Waals surface area contributed by atoms with Gasteiger partial charge in [-0.2, -0.15) is 0 Å². The summed E-state index contributed by atoms with van der Waals surface area (Å²) in [6, 6.07) is 13.7. The molecule has 0 saturated carbocycles. The van der Waals surface area contributed by atoms with E-state index in [4.69, 9.17) is 18.6 Å². The highest BCUT2D eigenvalue weighted by molar-refractivity contribution is 14.0. The van der Waals surface area contributed by atoms with Gasteiger partial charge in [0, 0.05) is 43.2 Å². The number of hydrogen-bond donors (Lipinski definition) is 2. The van der Waals surface area contributed by atoms with Crippen LogP contribution in [0.2, 0.25) is 0 Å². The molecule has 0 radical (unpaired) electrons. The third-order valence-electron chi connectivity index (χ3n) is 4.29. The van der Waals surface area contributed by atoms with Crippen LogP contribution in [0, 0.1) is 0 Å². The number of aliphatic imine (C=N–C) groups is 1. The highest BCUT2D eigenvalue weighted by atomic mass is 127. The molecular weight excluding hydrogens is 485 g/mol. The maximum Gasteiger partial charge on any atom is 0.203 e. The van der Waals surface area contributed by atoms with Crippen molar-refractivity contribution >= 4 is 46.6 Å². The summed E-state index contributed by atoms with van der Waals surface area (Å²) in [5.41, 5.74) is 1.67. The van der Waals surface area contributed by atoms with Gasteiger partial charge >= 0.3 is 0 Å². The molecule has 156 valence electrons. The summed E-state index contributed by atoms with van der Waals surface area (Å²) in [7, 11) is 6.46. The quantitative estimate of drug-likeness (QED) is 0.280. The zero-order chi connectivity index (χ0) is 19.9. The van der Waals surface area contributed by atoms with Crippen LogP contribution in [0.3, 0.4) is 0 Å². The van der Waals surface area contributed by atoms with Crippen molar-refractivity contribution in [3.05, 3.63) is 48.2 Å². The number of nitrogens with zero attached hydrogens (tertiary/aromatic N) is 1. The van der Waals surface area contributed by atoms with Crippen molar-refractivity contribution in [1.82, 2.24) is 5.32 Å². The molecule has 0 saturated heterocycles. The molecule has 0 spiro atoms. The van der Waals surface area contributed by atoms with Gasteiger partial charge in [-0.3, -0.25) is 4.99 Å². The Kier molecular flexibility index (Phi) is 8.44. The fourth-order valence-corrected chi connectivity index (χ4v) is 2.93. The number of methoxy groups -OCH3 is 3. The summed E-state index contributed by atoms with van der Waals surface area (Å²) in [5.74, 6) is 3.25. The van der Waals surface area contributed by atoms with Gasteiger partial charge in [0.15, 0.2) is 17.5 Å². The number of nitrogens with one attached hydrogen (secondary N) is 2. The Morgan fingerprint density at radius 2 is 1.69 bits per heavy atom. The first kappa shape index (κ1) is 22.7. The van der Waals surface area contributed by atoms with Crippen LogP contribution in [-0.4, -0.2) is 40.9 Å². The van der Waals surface area contributed by atoms with E-state index in [0.717, 1.165) is 28.8 Å². The molecule has 3 rings (SSSR count). The van der Waals surface area contributed by atoms with E-state index in [1.807, 2.05) is 36.4 Å². The number of benzene rings is 2. The molecule has 0 aliphatic rings. The molecule has 2 aromatic carbocycles. The lowest BCUT2D eigenvalue weighted by Crippen LogP contribution is -2.32. The van der Waals surface area contributed by atoms with E-state index < -0.39 is 0 Å². The molecule has 0 atom stereocenters. The number of rotatable bonds is 7. The van der Waals surface area contributed by atoms with Gasteiger partial charge in [0.1, 0.15) is 11.3 Å². The maximum atomic E-state index is 5.84. The average molecular weight is 511 g/mol. The molecule has 0 aliphatic carbocycles. The molecule has 0 aliphatic heterocycles. The van der Waals surface area contributed by atoms with Crippen molar-refractivity contribution < 1.29 is 18.6 Å². The third-order valence-corrected chi connectivity index (χ3v) is 4.29. The van der Waals surface area contributed by atoms with Crippen LogP contribution in [0.1, 0.15) is 5.76 Å². The maximum absolute atomic E-state index is 5.84. The van der Waals surface area contributed by atoms with E-state index >= 15 is 0 Å². The number of guanidine groups is 1. The SMILES string of the molecule is CN=C(NCCc1cc2ccccc2o1)Nc1cc(OC)c(OC)c(OC)c1.I. The summed E-state index contributed by atoms with van der Waals surface area (Å²) in [5, 5.41) is 7.62. The van der Waals surface area contributed by atoms with Crippen molar-refractivity contribution in [2.45, 2.75) is 6.42 Å². The first-order valence-electron chi connectivity index (χ1n) is 8.93. The monoisotopic (exact) mass is 511 g/mol. The van der Waals surface area contributed by atoms with Crippen molar-refractivity contribution in [2.24, 2.45) is 4.99 Å². The second kappa shape index (κ2) is 10.8. The molecule has 0 amide bonds. The Morgan fingerprint density at radius 1 is 1.00 bits per heavy atom. The van der Waals surface area contributed by atoms with E-state index in [1.165, 1.54) is 0 Å². The zero-order valence-electron chi connectivity index (χ0n) is 16.9. The zero-order valence-corrected chi connectivity index (χ0v) is 19.3. The summed E-state index contributed by atoms with van der Waals surface area (Å²) in [6.45, 7) is 0.671. The van der Waals surface area contributed by atoms with Gasteiger partial charge < -0.3 is 29.3 Å². The number of furan rings is 1. The Hall–Kier alpha value is -2.62. The fourth-order valence-electron chi connectivity index (χ4n) is 2.93. The van der Waals surface area contributed by atoms with E-state index in [9.17, 15) is 0 Å². The van der Waals surface area contributed by atoms with Gasteiger partial charge in [-0.15, -0.1) is 24.0 Å². The van der Waals surface area contributed by atoms with E-state index in [1.54, 1.807) is 28.4 Å². The number of ether oxygens (including phenoxy) is 3. The van der Waals surface area contributed by atoms with Crippen LogP contribution in [0.15, 0.2) is 51.9 Å². The standard InChI is InChI=1S/C21H25N3O4.HI/c1-22-21(23-10-9-16-11-14-7-5-6-8-17(14)28-16)24-15-12-18(25-2)20(27-4)19(13-15)26-3;/h5-8,11-13H,9-10H2,1-4H3,(H2,22,23,24);1H. The van der Waals surface area contributed by atoms with Gasteiger partial charge in [0.25, 0.3) is 0 Å². The Labute approximate surface area is 187 Å². The van der Waals surface area contributed by atoms with Crippen LogP contribution >= 0.6 is 24.0 Å². The predicted octanol–water partition coefficient (Wildman–Crippen LogP) is 4.31. The number of halogens is 1. The number of para-hydroxylation sites is 1. The van der Waals surface area contributed by atoms with Crippen molar-refractivity contribution in [2.75, 3.05) is 40.2 Å². The molecular formula is C21H26IN3O4. The number of anilines is 1. The van der Waals surface area contributed by atoms with Gasteiger partial charge in [-0.1, -0.05) is 18.2 Å². The first-order chi connectivity index (χ1) is 13.7. The van der Waals surface area contributed by atoms with Crippen molar-refractivity contribution in [3.8, 4) is 17.2 Å². The van der Waals surface area contributed by atoms with Gasteiger partial charge in [0.2, 0.25) is 5.75 Å². The minimum absolute atomic E-state index is 0. The van der Waals surface area contributed by atoms with Gasteiger partial charge in [-0.05, 0) is 12.1 Å². The first-order valence-corrected chi connectivity index (χ1v) is 8.93. The normalized spacial score (nSPS) is 11.0. The largest absolute Gasteiger partial charge is 0.493 e. The molecule has 3 aromatic rings. The number of hydrogen-bond acceptors (Lipinski definition) is 5.